The van der Waals surface area contributed by atoms with Crippen LogP contribution in [0.3, 0.4) is 0 Å². The van der Waals surface area contributed by atoms with Crippen LogP contribution in [0, 0.1) is 11.8 Å². The van der Waals surface area contributed by atoms with Gasteiger partial charge in [0.2, 0.25) is 0 Å². The van der Waals surface area contributed by atoms with Gasteiger partial charge in [-0.2, -0.15) is 13.2 Å². The largest absolute Gasteiger partial charge is 0.395 e. The van der Waals surface area contributed by atoms with E-state index in [1.807, 2.05) is 7.05 Å². The molecule has 1 heterocycles. The summed E-state index contributed by atoms with van der Waals surface area (Å²) in [7, 11) is 1.87. The van der Waals surface area contributed by atoms with Crippen molar-refractivity contribution in [1.29, 1.82) is 0 Å². The molecule has 2 aliphatic rings. The first-order chi connectivity index (χ1) is 9.41. The van der Waals surface area contributed by atoms with Crippen LogP contribution >= 0.6 is 0 Å². The van der Waals surface area contributed by atoms with Crippen molar-refractivity contribution < 1.29 is 13.2 Å². The topological polar surface area (TPSA) is 15.3 Å². The third kappa shape index (κ3) is 3.38. The summed E-state index contributed by atoms with van der Waals surface area (Å²) in [6.07, 6.45) is 2.53. The van der Waals surface area contributed by atoms with Crippen molar-refractivity contribution in [1.82, 2.24) is 10.2 Å². The van der Waals surface area contributed by atoms with Gasteiger partial charge in [0.05, 0.1) is 5.92 Å². The molecule has 1 aliphatic carbocycles. The fraction of sp³-hybridized carbons (Fsp3) is 0.600. The average molecular weight is 286 g/mol. The lowest BCUT2D eigenvalue weighted by Gasteiger charge is -2.36. The van der Waals surface area contributed by atoms with Crippen molar-refractivity contribution >= 4 is 0 Å². The Hall–Kier alpha value is -1.39. The van der Waals surface area contributed by atoms with Crippen LogP contribution < -0.4 is 5.32 Å². The molecule has 0 amide bonds. The fourth-order valence-corrected chi connectivity index (χ4v) is 2.78. The second-order valence-electron chi connectivity index (χ2n) is 5.41. The van der Waals surface area contributed by atoms with Crippen molar-refractivity contribution in [2.45, 2.75) is 25.4 Å². The molecule has 1 saturated heterocycles. The third-order valence-corrected chi connectivity index (χ3v) is 4.17. The van der Waals surface area contributed by atoms with E-state index in [9.17, 15) is 13.2 Å². The lowest BCUT2D eigenvalue weighted by atomic mass is 9.92. The lowest BCUT2D eigenvalue weighted by molar-refractivity contribution is -0.160. The highest BCUT2D eigenvalue weighted by Crippen LogP contribution is 2.34. The van der Waals surface area contributed by atoms with Crippen LogP contribution in [0.1, 0.15) is 19.3 Å². The van der Waals surface area contributed by atoms with E-state index in [1.165, 1.54) is 6.08 Å². The molecule has 2 rings (SSSR count). The highest BCUT2D eigenvalue weighted by molar-refractivity contribution is 5.24. The number of halogens is 3. The second-order valence-corrected chi connectivity index (χ2v) is 5.41. The van der Waals surface area contributed by atoms with Gasteiger partial charge >= 0.3 is 6.18 Å². The SMILES string of the molecule is C=C(NC)C1CCN(C2=CCC(C(F)(F)F)C=C2)CC1. The van der Waals surface area contributed by atoms with Crippen LogP contribution in [0.25, 0.3) is 0 Å². The molecule has 2 nitrogen and oxygen atoms in total. The summed E-state index contributed by atoms with van der Waals surface area (Å²) in [6.45, 7) is 5.73. The Labute approximate surface area is 118 Å². The monoisotopic (exact) mass is 286 g/mol. The standard InChI is InChI=1S/C15H21F3N2/c1-11(19-2)12-7-9-20(10-8-12)14-5-3-13(4-6-14)15(16,17)18/h3,5-6,12-13,19H,1,4,7-10H2,2H3. The Balaban J connectivity index is 1.88. The van der Waals surface area contributed by atoms with Gasteiger partial charge in [0, 0.05) is 37.4 Å². The zero-order chi connectivity index (χ0) is 14.8. The molecule has 1 N–H and O–H groups in total. The maximum atomic E-state index is 12.6. The summed E-state index contributed by atoms with van der Waals surface area (Å²) in [4.78, 5) is 2.17. The summed E-state index contributed by atoms with van der Waals surface area (Å²) in [6, 6.07) is 0. The zero-order valence-electron chi connectivity index (χ0n) is 11.7. The summed E-state index contributed by atoms with van der Waals surface area (Å²) in [5.41, 5.74) is 1.98. The van der Waals surface area contributed by atoms with Gasteiger partial charge in [-0.1, -0.05) is 18.7 Å². The second kappa shape index (κ2) is 5.94. The molecule has 20 heavy (non-hydrogen) atoms. The molecule has 1 unspecified atom stereocenters. The molecule has 1 atom stereocenters. The summed E-state index contributed by atoms with van der Waals surface area (Å²) in [5, 5.41) is 3.08. The summed E-state index contributed by atoms with van der Waals surface area (Å²) >= 11 is 0. The van der Waals surface area contributed by atoms with E-state index in [1.54, 1.807) is 12.2 Å². The molecule has 1 aliphatic heterocycles. The first kappa shape index (κ1) is 15.0. The number of nitrogens with zero attached hydrogens (tertiary/aromatic N) is 1. The molecular weight excluding hydrogens is 265 g/mol. The Kier molecular flexibility index (Phi) is 4.45. The van der Waals surface area contributed by atoms with Crippen molar-refractivity contribution in [3.05, 3.63) is 36.2 Å². The highest BCUT2D eigenvalue weighted by atomic mass is 19.4. The van der Waals surface area contributed by atoms with Crippen LogP contribution in [0.15, 0.2) is 36.2 Å². The van der Waals surface area contributed by atoms with Gasteiger partial charge in [-0.25, -0.2) is 0 Å². The van der Waals surface area contributed by atoms with Gasteiger partial charge in [0.1, 0.15) is 0 Å². The predicted molar refractivity (Wildman–Crippen MR) is 73.9 cm³/mol. The molecule has 0 spiro atoms. The fourth-order valence-electron chi connectivity index (χ4n) is 2.78. The molecule has 0 aromatic rings. The van der Waals surface area contributed by atoms with Crippen molar-refractivity contribution in [2.24, 2.45) is 11.8 Å². The summed E-state index contributed by atoms with van der Waals surface area (Å²) in [5.74, 6) is -0.861. The minimum Gasteiger partial charge on any atom is -0.392 e. The maximum Gasteiger partial charge on any atom is 0.395 e. The number of likely N-dealkylation sites (tertiary alicyclic amines) is 1. The van der Waals surface area contributed by atoms with Gasteiger partial charge in [-0.3, -0.25) is 0 Å². The molecule has 0 bridgehead atoms. The van der Waals surface area contributed by atoms with E-state index in [2.05, 4.69) is 16.8 Å². The molecule has 112 valence electrons. The Morgan fingerprint density at radius 1 is 1.35 bits per heavy atom. The van der Waals surface area contributed by atoms with E-state index in [4.69, 9.17) is 0 Å². The zero-order valence-corrected chi connectivity index (χ0v) is 11.7. The van der Waals surface area contributed by atoms with E-state index in [0.717, 1.165) is 37.3 Å². The molecule has 0 saturated carbocycles. The van der Waals surface area contributed by atoms with E-state index < -0.39 is 12.1 Å². The molecule has 0 radical (unpaired) electrons. The maximum absolute atomic E-state index is 12.6. The number of alkyl halides is 3. The van der Waals surface area contributed by atoms with Crippen LogP contribution in [0.4, 0.5) is 13.2 Å². The summed E-state index contributed by atoms with van der Waals surface area (Å²) < 4.78 is 37.7. The molecule has 5 heteroatoms. The molecular formula is C15H21F3N2. The number of nitrogens with one attached hydrogen (secondary N) is 1. The lowest BCUT2D eigenvalue weighted by Crippen LogP contribution is -2.35. The van der Waals surface area contributed by atoms with Gasteiger partial charge in [-0.15, -0.1) is 0 Å². The molecule has 0 aromatic heterocycles. The van der Waals surface area contributed by atoms with Gasteiger partial charge in [0.25, 0.3) is 0 Å². The number of rotatable bonds is 3. The number of hydrogen-bond donors (Lipinski definition) is 1. The van der Waals surface area contributed by atoms with Crippen molar-refractivity contribution in [3.63, 3.8) is 0 Å². The first-order valence-electron chi connectivity index (χ1n) is 6.98. The number of piperidine rings is 1. The quantitative estimate of drug-likeness (QED) is 0.855. The van der Waals surface area contributed by atoms with Crippen LogP contribution in [-0.2, 0) is 0 Å². The Bertz CT molecular complexity index is 415. The third-order valence-electron chi connectivity index (χ3n) is 4.17. The molecule has 0 aromatic carbocycles. The Morgan fingerprint density at radius 3 is 2.45 bits per heavy atom. The number of allylic oxidation sites excluding steroid dienone is 4. The van der Waals surface area contributed by atoms with Crippen LogP contribution in [0.2, 0.25) is 0 Å². The van der Waals surface area contributed by atoms with Crippen molar-refractivity contribution in [3.8, 4) is 0 Å². The minimum absolute atomic E-state index is 0.0541. The Morgan fingerprint density at radius 2 is 2.00 bits per heavy atom. The van der Waals surface area contributed by atoms with Gasteiger partial charge in [0.15, 0.2) is 0 Å². The predicted octanol–water partition coefficient (Wildman–Crippen LogP) is 3.45. The van der Waals surface area contributed by atoms with Gasteiger partial charge < -0.3 is 10.2 Å². The van der Waals surface area contributed by atoms with Crippen molar-refractivity contribution in [2.75, 3.05) is 20.1 Å². The number of hydrogen-bond acceptors (Lipinski definition) is 2. The van der Waals surface area contributed by atoms with Gasteiger partial charge in [-0.05, 0) is 25.3 Å². The minimum atomic E-state index is -4.13. The van der Waals surface area contributed by atoms with E-state index in [0.29, 0.717) is 5.92 Å². The molecule has 1 fully saturated rings. The van der Waals surface area contributed by atoms with Crippen LogP contribution in [-0.4, -0.2) is 31.2 Å². The first-order valence-corrected chi connectivity index (χ1v) is 6.98. The van der Waals surface area contributed by atoms with E-state index >= 15 is 0 Å². The van der Waals surface area contributed by atoms with Crippen LogP contribution in [0.5, 0.6) is 0 Å². The average Bonchev–Trinajstić information content (AvgIpc) is 2.46. The normalized spacial score (nSPS) is 24.5. The van der Waals surface area contributed by atoms with E-state index in [-0.39, 0.29) is 6.42 Å². The smallest absolute Gasteiger partial charge is 0.392 e. The highest BCUT2D eigenvalue weighted by Gasteiger charge is 2.38.